The highest BCUT2D eigenvalue weighted by Crippen LogP contribution is 2.32. The maximum atomic E-state index is 9.83. The Bertz CT molecular complexity index is 571. The van der Waals surface area contributed by atoms with Crippen molar-refractivity contribution >= 4 is 22.4 Å². The molecule has 1 unspecified atom stereocenters. The van der Waals surface area contributed by atoms with E-state index in [1.165, 1.54) is 0 Å². The third kappa shape index (κ3) is 3.85. The number of fused-ring (bicyclic) bond motifs is 1. The zero-order valence-electron chi connectivity index (χ0n) is 11.8. The second-order valence-corrected chi connectivity index (χ2v) is 5.50. The van der Waals surface area contributed by atoms with Crippen LogP contribution in [0.1, 0.15) is 13.8 Å². The van der Waals surface area contributed by atoms with Crippen LogP contribution in [0.4, 0.5) is 0 Å². The summed E-state index contributed by atoms with van der Waals surface area (Å²) in [5.74, 6) is 0.606. The predicted molar refractivity (Wildman–Crippen MR) is 83.6 cm³/mol. The summed E-state index contributed by atoms with van der Waals surface area (Å²) in [5.41, 5.74) is 0. The molecule has 20 heavy (non-hydrogen) atoms. The maximum absolute atomic E-state index is 9.83. The van der Waals surface area contributed by atoms with E-state index in [2.05, 4.69) is 5.32 Å². The molecule has 0 fully saturated rings. The van der Waals surface area contributed by atoms with Gasteiger partial charge in [-0.05, 0) is 11.5 Å². The molecular formula is C16H20ClNO2. The molecule has 0 amide bonds. The SMILES string of the molecule is CC(C)NCC(O)COc1ccc2ccccc2c1Cl. The average Bonchev–Trinajstić information content (AvgIpc) is 2.44. The van der Waals surface area contributed by atoms with Gasteiger partial charge in [-0.15, -0.1) is 0 Å². The van der Waals surface area contributed by atoms with Gasteiger partial charge < -0.3 is 15.2 Å². The summed E-state index contributed by atoms with van der Waals surface area (Å²) in [6, 6.07) is 12.0. The Morgan fingerprint density at radius 2 is 1.95 bits per heavy atom. The molecule has 2 aromatic rings. The highest BCUT2D eigenvalue weighted by molar-refractivity contribution is 6.37. The van der Waals surface area contributed by atoms with Crippen molar-refractivity contribution < 1.29 is 9.84 Å². The minimum atomic E-state index is -0.556. The molecule has 0 aliphatic heterocycles. The summed E-state index contributed by atoms with van der Waals surface area (Å²) >= 11 is 6.33. The minimum Gasteiger partial charge on any atom is -0.489 e. The molecule has 0 heterocycles. The van der Waals surface area contributed by atoms with Crippen molar-refractivity contribution in [1.82, 2.24) is 5.32 Å². The fourth-order valence-corrected chi connectivity index (χ4v) is 2.23. The van der Waals surface area contributed by atoms with Crippen LogP contribution >= 0.6 is 11.6 Å². The molecule has 1 atom stereocenters. The van der Waals surface area contributed by atoms with Gasteiger partial charge in [0.25, 0.3) is 0 Å². The first-order valence-electron chi connectivity index (χ1n) is 6.79. The topological polar surface area (TPSA) is 41.5 Å². The largest absolute Gasteiger partial charge is 0.489 e. The van der Waals surface area contributed by atoms with Crippen molar-refractivity contribution in [3.05, 3.63) is 41.4 Å². The highest BCUT2D eigenvalue weighted by Gasteiger charge is 2.10. The summed E-state index contributed by atoms with van der Waals surface area (Å²) < 4.78 is 5.62. The smallest absolute Gasteiger partial charge is 0.138 e. The van der Waals surface area contributed by atoms with Crippen LogP contribution in [0.15, 0.2) is 36.4 Å². The van der Waals surface area contributed by atoms with E-state index in [0.717, 1.165) is 10.8 Å². The zero-order chi connectivity index (χ0) is 14.5. The Hall–Kier alpha value is -1.29. The van der Waals surface area contributed by atoms with Crippen molar-refractivity contribution in [2.75, 3.05) is 13.2 Å². The van der Waals surface area contributed by atoms with E-state index in [9.17, 15) is 5.11 Å². The van der Waals surface area contributed by atoms with Gasteiger partial charge in [0, 0.05) is 18.0 Å². The van der Waals surface area contributed by atoms with E-state index in [1.54, 1.807) is 0 Å². The van der Waals surface area contributed by atoms with Gasteiger partial charge in [-0.25, -0.2) is 0 Å². The first kappa shape index (κ1) is 15.1. The van der Waals surface area contributed by atoms with Crippen LogP contribution < -0.4 is 10.1 Å². The van der Waals surface area contributed by atoms with Gasteiger partial charge in [0.1, 0.15) is 18.5 Å². The van der Waals surface area contributed by atoms with Crippen molar-refractivity contribution in [1.29, 1.82) is 0 Å². The van der Waals surface area contributed by atoms with E-state index in [-0.39, 0.29) is 6.61 Å². The normalized spacial score (nSPS) is 12.8. The van der Waals surface area contributed by atoms with Crippen LogP contribution in [-0.2, 0) is 0 Å². The van der Waals surface area contributed by atoms with Crippen molar-refractivity contribution in [2.45, 2.75) is 26.0 Å². The van der Waals surface area contributed by atoms with E-state index in [4.69, 9.17) is 16.3 Å². The number of hydrogen-bond acceptors (Lipinski definition) is 3. The molecule has 108 valence electrons. The Morgan fingerprint density at radius 1 is 1.20 bits per heavy atom. The van der Waals surface area contributed by atoms with Crippen LogP contribution in [0.5, 0.6) is 5.75 Å². The molecule has 0 aromatic heterocycles. The Balaban J connectivity index is 2.01. The number of nitrogens with one attached hydrogen (secondary N) is 1. The standard InChI is InChI=1S/C16H20ClNO2/c1-11(2)18-9-13(19)10-20-15-8-7-12-5-3-4-6-14(12)16(15)17/h3-8,11,13,18-19H,9-10H2,1-2H3. The van der Waals surface area contributed by atoms with Crippen LogP contribution in [-0.4, -0.2) is 30.4 Å². The molecule has 0 saturated carbocycles. The summed E-state index contributed by atoms with van der Waals surface area (Å²) in [6.07, 6.45) is -0.556. The Labute approximate surface area is 124 Å². The fourth-order valence-electron chi connectivity index (χ4n) is 1.94. The number of aliphatic hydroxyl groups excluding tert-OH is 1. The molecule has 2 aromatic carbocycles. The lowest BCUT2D eigenvalue weighted by molar-refractivity contribution is 0.105. The molecule has 0 radical (unpaired) electrons. The second kappa shape index (κ2) is 6.93. The number of benzene rings is 2. The van der Waals surface area contributed by atoms with Gasteiger partial charge in [-0.1, -0.05) is 55.8 Å². The lowest BCUT2D eigenvalue weighted by atomic mass is 10.1. The third-order valence-electron chi connectivity index (χ3n) is 3.02. The van der Waals surface area contributed by atoms with Crippen molar-refractivity contribution in [2.24, 2.45) is 0 Å². The fraction of sp³-hybridized carbons (Fsp3) is 0.375. The zero-order valence-corrected chi connectivity index (χ0v) is 12.5. The summed E-state index contributed by atoms with van der Waals surface area (Å²) in [5, 5.41) is 15.6. The number of aliphatic hydroxyl groups is 1. The highest BCUT2D eigenvalue weighted by atomic mass is 35.5. The van der Waals surface area contributed by atoms with Gasteiger partial charge in [-0.3, -0.25) is 0 Å². The molecule has 0 spiro atoms. The van der Waals surface area contributed by atoms with Gasteiger partial charge in [0.2, 0.25) is 0 Å². The van der Waals surface area contributed by atoms with E-state index in [0.29, 0.717) is 23.4 Å². The molecule has 0 aliphatic rings. The van der Waals surface area contributed by atoms with E-state index >= 15 is 0 Å². The van der Waals surface area contributed by atoms with Crippen molar-refractivity contribution in [3.8, 4) is 5.75 Å². The molecule has 2 rings (SSSR count). The lowest BCUT2D eigenvalue weighted by Crippen LogP contribution is -2.35. The molecule has 2 N–H and O–H groups in total. The molecule has 0 saturated heterocycles. The second-order valence-electron chi connectivity index (χ2n) is 5.13. The number of halogens is 1. The minimum absolute atomic E-state index is 0.220. The number of rotatable bonds is 6. The summed E-state index contributed by atoms with van der Waals surface area (Å²) in [7, 11) is 0. The van der Waals surface area contributed by atoms with Gasteiger partial charge in [-0.2, -0.15) is 0 Å². The lowest BCUT2D eigenvalue weighted by Gasteiger charge is -2.16. The summed E-state index contributed by atoms with van der Waals surface area (Å²) in [4.78, 5) is 0. The molecule has 3 nitrogen and oxygen atoms in total. The van der Waals surface area contributed by atoms with Crippen LogP contribution in [0.25, 0.3) is 10.8 Å². The van der Waals surface area contributed by atoms with Crippen LogP contribution in [0.2, 0.25) is 5.02 Å². The molecular weight excluding hydrogens is 274 g/mol. The van der Waals surface area contributed by atoms with Crippen molar-refractivity contribution in [3.63, 3.8) is 0 Å². The first-order valence-corrected chi connectivity index (χ1v) is 7.17. The Morgan fingerprint density at radius 3 is 2.70 bits per heavy atom. The maximum Gasteiger partial charge on any atom is 0.138 e. The molecule has 4 heteroatoms. The van der Waals surface area contributed by atoms with Crippen LogP contribution in [0, 0.1) is 0 Å². The molecule has 0 bridgehead atoms. The van der Waals surface area contributed by atoms with E-state index < -0.39 is 6.10 Å². The van der Waals surface area contributed by atoms with E-state index in [1.807, 2.05) is 50.2 Å². The first-order chi connectivity index (χ1) is 9.58. The number of hydrogen-bond donors (Lipinski definition) is 2. The average molecular weight is 294 g/mol. The monoisotopic (exact) mass is 293 g/mol. The predicted octanol–water partition coefficient (Wildman–Crippen LogP) is 3.23. The van der Waals surface area contributed by atoms with Gasteiger partial charge in [0.05, 0.1) is 5.02 Å². The summed E-state index contributed by atoms with van der Waals surface area (Å²) in [6.45, 7) is 4.79. The van der Waals surface area contributed by atoms with Gasteiger partial charge >= 0.3 is 0 Å². The van der Waals surface area contributed by atoms with Crippen LogP contribution in [0.3, 0.4) is 0 Å². The number of ether oxygens (including phenoxy) is 1. The van der Waals surface area contributed by atoms with Gasteiger partial charge in [0.15, 0.2) is 0 Å². The quantitative estimate of drug-likeness (QED) is 0.859. The third-order valence-corrected chi connectivity index (χ3v) is 3.41. The Kier molecular flexibility index (Phi) is 5.24. The molecule has 0 aliphatic carbocycles.